The number of nitrogens with one attached hydrogen (secondary N) is 3. The summed E-state index contributed by atoms with van der Waals surface area (Å²) in [6.07, 6.45) is 1.48. The van der Waals surface area contributed by atoms with E-state index < -0.39 is 23.9 Å². The second-order valence-electron chi connectivity index (χ2n) is 9.52. The molecule has 0 saturated heterocycles. The smallest absolute Gasteiger partial charge is 0.338 e. The molecule has 0 aromatic heterocycles. The summed E-state index contributed by atoms with van der Waals surface area (Å²) < 4.78 is 23.6. The lowest BCUT2D eigenvalue weighted by molar-refractivity contribution is -0.139. The third kappa shape index (κ3) is 8.99. The molecule has 1 aliphatic rings. The first-order valence-electron chi connectivity index (χ1n) is 13.5. The number of ether oxygens (including phenoxy) is 4. The number of hydrazone groups is 1. The predicted molar refractivity (Wildman–Crippen MR) is 176 cm³/mol. The van der Waals surface area contributed by atoms with Crippen LogP contribution in [0, 0.1) is 0 Å². The van der Waals surface area contributed by atoms with E-state index in [0.29, 0.717) is 48.9 Å². The normalized spacial score (nSPS) is 14.4. The monoisotopic (exact) mass is 762 g/mol. The summed E-state index contributed by atoms with van der Waals surface area (Å²) >= 11 is 13.1. The van der Waals surface area contributed by atoms with Crippen LogP contribution in [-0.4, -0.2) is 44.4 Å². The molecule has 1 aliphatic heterocycles. The van der Waals surface area contributed by atoms with Gasteiger partial charge in [-0.3, -0.25) is 4.79 Å². The summed E-state index contributed by atoms with van der Waals surface area (Å²) in [7, 11) is 1.44. The molecule has 0 radical (unpaired) electrons. The van der Waals surface area contributed by atoms with Gasteiger partial charge in [0.2, 0.25) is 0 Å². The van der Waals surface area contributed by atoms with E-state index in [0.717, 1.165) is 5.56 Å². The summed E-state index contributed by atoms with van der Waals surface area (Å²) in [5.41, 5.74) is 5.26. The molecule has 45 heavy (non-hydrogen) atoms. The lowest BCUT2D eigenvalue weighted by atomic mass is 9.95. The standard InChI is InChI=1S/C31H29Br2ClN4O7/c1-4-43-30(40)27-17(2)36-31(41)37-28(27)20-8-9-24(25(13-20)42-3)44-16-26(39)38-35-14-19-11-22(32)29(23(33)12-19)45-15-18-6-5-7-21(34)10-18/h5-14,28H,4,15-16H2,1-3H3,(H,38,39)(H2,36,37,41)/b35-14+/t28-/m0/s1. The first-order chi connectivity index (χ1) is 21.6. The molecule has 236 valence electrons. The fourth-order valence-corrected chi connectivity index (χ4v) is 6.00. The highest BCUT2D eigenvalue weighted by Gasteiger charge is 2.32. The molecule has 0 fully saturated rings. The molecule has 0 unspecified atom stereocenters. The van der Waals surface area contributed by atoms with Crippen molar-refractivity contribution in [1.82, 2.24) is 16.1 Å². The number of halogens is 3. The Balaban J connectivity index is 1.36. The number of esters is 1. The summed E-state index contributed by atoms with van der Waals surface area (Å²) in [6.45, 7) is 3.48. The van der Waals surface area contributed by atoms with Crippen LogP contribution in [0.5, 0.6) is 17.2 Å². The molecule has 4 rings (SSSR count). The van der Waals surface area contributed by atoms with Gasteiger partial charge in [0.1, 0.15) is 12.4 Å². The number of benzene rings is 3. The topological polar surface area (TPSA) is 137 Å². The van der Waals surface area contributed by atoms with Crippen molar-refractivity contribution in [3.63, 3.8) is 0 Å². The average molecular weight is 765 g/mol. The molecule has 11 nitrogen and oxygen atoms in total. The number of nitrogens with zero attached hydrogens (tertiary/aromatic N) is 1. The van der Waals surface area contributed by atoms with E-state index in [-0.39, 0.29) is 24.5 Å². The number of carbonyl (C=O) groups is 3. The zero-order valence-corrected chi connectivity index (χ0v) is 28.3. The number of allylic oxidation sites excluding steroid dienone is 1. The Kier molecular flexibility index (Phi) is 11.9. The van der Waals surface area contributed by atoms with Gasteiger partial charge < -0.3 is 29.6 Å². The molecule has 3 N–H and O–H groups in total. The van der Waals surface area contributed by atoms with Crippen LogP contribution in [0.1, 0.15) is 36.6 Å². The number of carbonyl (C=O) groups excluding carboxylic acids is 3. The maximum atomic E-state index is 12.6. The fraction of sp³-hybridized carbons (Fsp3) is 0.226. The van der Waals surface area contributed by atoms with Gasteiger partial charge in [-0.15, -0.1) is 0 Å². The molecular formula is C31H29Br2ClN4O7. The summed E-state index contributed by atoms with van der Waals surface area (Å²) in [6, 6.07) is 14.6. The van der Waals surface area contributed by atoms with E-state index in [2.05, 4.69) is 53.0 Å². The van der Waals surface area contributed by atoms with Gasteiger partial charge in [-0.1, -0.05) is 29.8 Å². The molecule has 14 heteroatoms. The van der Waals surface area contributed by atoms with Crippen LogP contribution in [0.4, 0.5) is 4.79 Å². The van der Waals surface area contributed by atoms with E-state index in [1.54, 1.807) is 50.2 Å². The Morgan fingerprint density at radius 3 is 2.51 bits per heavy atom. The Hall–Kier alpha value is -4.07. The van der Waals surface area contributed by atoms with Crippen molar-refractivity contribution in [3.8, 4) is 17.2 Å². The maximum Gasteiger partial charge on any atom is 0.338 e. The maximum absolute atomic E-state index is 12.6. The van der Waals surface area contributed by atoms with Gasteiger partial charge in [0.15, 0.2) is 18.1 Å². The van der Waals surface area contributed by atoms with Gasteiger partial charge in [-0.25, -0.2) is 15.0 Å². The van der Waals surface area contributed by atoms with Gasteiger partial charge in [-0.05, 0) is 98.8 Å². The molecule has 0 saturated carbocycles. The van der Waals surface area contributed by atoms with Crippen LogP contribution >= 0.6 is 43.5 Å². The molecule has 0 bridgehead atoms. The predicted octanol–water partition coefficient (Wildman–Crippen LogP) is 6.17. The quantitative estimate of drug-likeness (QED) is 0.114. The number of amides is 3. The second kappa shape index (κ2) is 15.8. The third-order valence-electron chi connectivity index (χ3n) is 6.34. The van der Waals surface area contributed by atoms with E-state index in [1.807, 2.05) is 18.2 Å². The zero-order chi connectivity index (χ0) is 32.5. The highest BCUT2D eigenvalue weighted by molar-refractivity contribution is 9.11. The molecule has 1 heterocycles. The molecule has 1 atom stereocenters. The molecule has 0 spiro atoms. The highest BCUT2D eigenvalue weighted by atomic mass is 79.9. The number of hydrogen-bond donors (Lipinski definition) is 3. The van der Waals surface area contributed by atoms with Gasteiger partial charge in [0.25, 0.3) is 5.91 Å². The lowest BCUT2D eigenvalue weighted by Gasteiger charge is -2.28. The summed E-state index contributed by atoms with van der Waals surface area (Å²) in [5, 5.41) is 9.97. The van der Waals surface area contributed by atoms with E-state index in [4.69, 9.17) is 30.5 Å². The van der Waals surface area contributed by atoms with Crippen molar-refractivity contribution >= 4 is 67.6 Å². The van der Waals surface area contributed by atoms with Crippen LogP contribution in [-0.2, 0) is 20.9 Å². The van der Waals surface area contributed by atoms with Crippen LogP contribution in [0.25, 0.3) is 0 Å². The largest absolute Gasteiger partial charge is 0.493 e. The van der Waals surface area contributed by atoms with E-state index in [1.165, 1.54) is 13.3 Å². The van der Waals surface area contributed by atoms with E-state index >= 15 is 0 Å². The first-order valence-corrected chi connectivity index (χ1v) is 15.5. The van der Waals surface area contributed by atoms with Crippen LogP contribution in [0.3, 0.4) is 0 Å². The van der Waals surface area contributed by atoms with Crippen molar-refractivity contribution in [2.24, 2.45) is 5.10 Å². The number of urea groups is 1. The molecule has 3 aromatic rings. The van der Waals surface area contributed by atoms with Crippen LogP contribution in [0.2, 0.25) is 5.02 Å². The van der Waals surface area contributed by atoms with Crippen molar-refractivity contribution in [3.05, 3.63) is 96.5 Å². The van der Waals surface area contributed by atoms with Crippen LogP contribution in [0.15, 0.2) is 79.9 Å². The number of hydrogen-bond acceptors (Lipinski definition) is 8. The number of rotatable bonds is 12. The van der Waals surface area contributed by atoms with Gasteiger partial charge in [0, 0.05) is 10.7 Å². The Morgan fingerprint density at radius 2 is 1.82 bits per heavy atom. The summed E-state index contributed by atoms with van der Waals surface area (Å²) in [4.78, 5) is 37.2. The third-order valence-corrected chi connectivity index (χ3v) is 7.75. The van der Waals surface area contributed by atoms with E-state index in [9.17, 15) is 14.4 Å². The van der Waals surface area contributed by atoms with Crippen molar-refractivity contribution < 1.29 is 33.3 Å². The van der Waals surface area contributed by atoms with Gasteiger partial charge >= 0.3 is 12.0 Å². The minimum Gasteiger partial charge on any atom is -0.493 e. The minimum absolute atomic E-state index is 0.181. The molecule has 3 aromatic carbocycles. The fourth-order valence-electron chi connectivity index (χ4n) is 4.33. The molecule has 3 amide bonds. The zero-order valence-electron chi connectivity index (χ0n) is 24.4. The molecule has 0 aliphatic carbocycles. The second-order valence-corrected chi connectivity index (χ2v) is 11.7. The van der Waals surface area contributed by atoms with Crippen LogP contribution < -0.4 is 30.3 Å². The average Bonchev–Trinajstić information content (AvgIpc) is 2.99. The van der Waals surface area contributed by atoms with Crippen molar-refractivity contribution in [2.75, 3.05) is 20.3 Å². The van der Waals surface area contributed by atoms with Crippen molar-refractivity contribution in [1.29, 1.82) is 0 Å². The lowest BCUT2D eigenvalue weighted by Crippen LogP contribution is -2.45. The Labute approximate surface area is 281 Å². The SMILES string of the molecule is CCOC(=O)C1=C(C)NC(=O)N[C@H]1c1ccc(OCC(=O)N/N=C/c2cc(Br)c(OCc3cccc(Cl)c3)c(Br)c2)c(OC)c1. The first kappa shape index (κ1) is 33.8. The van der Waals surface area contributed by atoms with Gasteiger partial charge in [-0.2, -0.15) is 5.10 Å². The minimum atomic E-state index is -0.776. The Bertz CT molecular complexity index is 1640. The van der Waals surface area contributed by atoms with Gasteiger partial charge in [0.05, 0.1) is 40.5 Å². The molecular weight excluding hydrogens is 736 g/mol. The Morgan fingerprint density at radius 1 is 1.07 bits per heavy atom. The summed E-state index contributed by atoms with van der Waals surface area (Å²) in [5.74, 6) is 0.119. The number of methoxy groups -OCH3 is 1. The highest BCUT2D eigenvalue weighted by Crippen LogP contribution is 2.36. The van der Waals surface area contributed by atoms with Crippen molar-refractivity contribution in [2.45, 2.75) is 26.5 Å².